The lowest BCUT2D eigenvalue weighted by atomic mass is 10.1. The van der Waals surface area contributed by atoms with E-state index >= 15 is 0 Å². The Hall–Kier alpha value is -1.62. The molecule has 2 aromatic rings. The summed E-state index contributed by atoms with van der Waals surface area (Å²) in [7, 11) is 3.61. The van der Waals surface area contributed by atoms with Crippen LogP contribution in [0.3, 0.4) is 0 Å². The predicted molar refractivity (Wildman–Crippen MR) is 69.5 cm³/mol. The van der Waals surface area contributed by atoms with Crippen LogP contribution in [-0.4, -0.2) is 42.3 Å². The normalized spacial score (nSPS) is 11.4. The molecule has 0 aliphatic heterocycles. The molecule has 1 aromatic heterocycles. The Morgan fingerprint density at radius 1 is 1.44 bits per heavy atom. The summed E-state index contributed by atoms with van der Waals surface area (Å²) in [6, 6.07) is 2.81. The molecule has 0 saturated carbocycles. The minimum atomic E-state index is -0.330. The third kappa shape index (κ3) is 2.46. The zero-order valence-electron chi connectivity index (χ0n) is 11.0. The van der Waals surface area contributed by atoms with Gasteiger partial charge in [-0.3, -0.25) is 5.10 Å². The number of hydrogen-bond donors (Lipinski definition) is 1. The monoisotopic (exact) mass is 251 g/mol. The lowest BCUT2D eigenvalue weighted by Crippen LogP contribution is -2.20. The van der Waals surface area contributed by atoms with Crippen molar-refractivity contribution in [1.29, 1.82) is 0 Å². The van der Waals surface area contributed by atoms with E-state index in [9.17, 15) is 4.39 Å². The number of rotatable bonds is 5. The quantitative estimate of drug-likeness (QED) is 0.885. The molecular formula is C13H18FN3O. The Bertz CT molecular complexity index is 538. The van der Waals surface area contributed by atoms with Gasteiger partial charge in [-0.25, -0.2) is 4.39 Å². The van der Waals surface area contributed by atoms with Crippen molar-refractivity contribution in [1.82, 2.24) is 15.1 Å². The molecule has 0 aliphatic carbocycles. The standard InChI is InChI=1S/C13H18FN3O/c1-4-17(2)6-5-10-13-11(16-15-10)7-9(14)8-12(13)18-3/h7-8H,4-6H2,1-3H3,(H,15,16). The van der Waals surface area contributed by atoms with E-state index in [1.54, 1.807) is 7.11 Å². The third-order valence-electron chi connectivity index (χ3n) is 3.16. The van der Waals surface area contributed by atoms with Crippen molar-refractivity contribution in [2.45, 2.75) is 13.3 Å². The number of likely N-dealkylation sites (N-methyl/N-ethyl adjacent to an activating group) is 1. The summed E-state index contributed by atoms with van der Waals surface area (Å²) in [6.07, 6.45) is 0.836. The summed E-state index contributed by atoms with van der Waals surface area (Å²) in [4.78, 5) is 2.21. The van der Waals surface area contributed by atoms with Crippen molar-refractivity contribution >= 4 is 10.9 Å². The van der Waals surface area contributed by atoms with Gasteiger partial charge in [0, 0.05) is 30.8 Å². The molecule has 0 atom stereocenters. The first kappa shape index (κ1) is 12.8. The summed E-state index contributed by atoms with van der Waals surface area (Å²) < 4.78 is 18.5. The summed E-state index contributed by atoms with van der Waals surface area (Å²) in [5.74, 6) is 0.205. The number of nitrogens with one attached hydrogen (secondary N) is 1. The highest BCUT2D eigenvalue weighted by Crippen LogP contribution is 2.28. The van der Waals surface area contributed by atoms with Crippen LogP contribution in [0.4, 0.5) is 4.39 Å². The Kier molecular flexibility index (Phi) is 3.81. The maximum Gasteiger partial charge on any atom is 0.133 e. The van der Waals surface area contributed by atoms with E-state index in [2.05, 4.69) is 29.1 Å². The van der Waals surface area contributed by atoms with Gasteiger partial charge < -0.3 is 9.64 Å². The molecule has 1 N–H and O–H groups in total. The molecule has 0 saturated heterocycles. The van der Waals surface area contributed by atoms with E-state index in [0.717, 1.165) is 30.6 Å². The van der Waals surface area contributed by atoms with Gasteiger partial charge in [-0.1, -0.05) is 6.92 Å². The van der Waals surface area contributed by atoms with Crippen LogP contribution < -0.4 is 4.74 Å². The number of methoxy groups -OCH3 is 1. The maximum absolute atomic E-state index is 13.3. The van der Waals surface area contributed by atoms with Gasteiger partial charge in [0.2, 0.25) is 0 Å². The zero-order chi connectivity index (χ0) is 13.1. The van der Waals surface area contributed by atoms with Gasteiger partial charge in [0.15, 0.2) is 0 Å². The minimum absolute atomic E-state index is 0.330. The maximum atomic E-state index is 13.3. The van der Waals surface area contributed by atoms with E-state index in [1.807, 2.05) is 0 Å². The topological polar surface area (TPSA) is 41.2 Å². The molecular weight excluding hydrogens is 233 g/mol. The second-order valence-corrected chi connectivity index (χ2v) is 4.35. The van der Waals surface area contributed by atoms with E-state index in [0.29, 0.717) is 11.3 Å². The first-order valence-electron chi connectivity index (χ1n) is 6.04. The van der Waals surface area contributed by atoms with Crippen molar-refractivity contribution in [2.24, 2.45) is 0 Å². The summed E-state index contributed by atoms with van der Waals surface area (Å²) >= 11 is 0. The molecule has 0 aliphatic rings. The molecule has 0 radical (unpaired) electrons. The molecule has 98 valence electrons. The molecule has 1 heterocycles. The number of benzene rings is 1. The molecule has 0 bridgehead atoms. The Morgan fingerprint density at radius 3 is 2.89 bits per heavy atom. The fourth-order valence-corrected chi connectivity index (χ4v) is 1.95. The first-order valence-corrected chi connectivity index (χ1v) is 6.04. The van der Waals surface area contributed by atoms with Crippen LogP contribution in [-0.2, 0) is 6.42 Å². The van der Waals surface area contributed by atoms with Crippen LogP contribution in [0.5, 0.6) is 5.75 Å². The largest absolute Gasteiger partial charge is 0.496 e. The van der Waals surface area contributed by atoms with Gasteiger partial charge in [0.1, 0.15) is 11.6 Å². The van der Waals surface area contributed by atoms with Gasteiger partial charge in [0.05, 0.1) is 18.0 Å². The smallest absolute Gasteiger partial charge is 0.133 e. The van der Waals surface area contributed by atoms with E-state index in [1.165, 1.54) is 12.1 Å². The lowest BCUT2D eigenvalue weighted by Gasteiger charge is -2.13. The Labute approximate surface area is 106 Å². The fourth-order valence-electron chi connectivity index (χ4n) is 1.95. The SMILES string of the molecule is CCN(C)CCc1[nH]nc2cc(F)cc(OC)c12. The molecule has 0 amide bonds. The Morgan fingerprint density at radius 2 is 2.22 bits per heavy atom. The van der Waals surface area contributed by atoms with E-state index in [-0.39, 0.29) is 5.82 Å². The number of ether oxygens (including phenoxy) is 1. The van der Waals surface area contributed by atoms with Crippen molar-refractivity contribution in [2.75, 3.05) is 27.2 Å². The predicted octanol–water partition coefficient (Wildman–Crippen LogP) is 2.20. The highest BCUT2D eigenvalue weighted by atomic mass is 19.1. The summed E-state index contributed by atoms with van der Waals surface area (Å²) in [5.41, 5.74) is 1.60. The second-order valence-electron chi connectivity index (χ2n) is 4.35. The van der Waals surface area contributed by atoms with Gasteiger partial charge in [-0.15, -0.1) is 0 Å². The van der Waals surface area contributed by atoms with Crippen molar-refractivity contribution in [3.05, 3.63) is 23.6 Å². The highest BCUT2D eigenvalue weighted by molar-refractivity contribution is 5.87. The molecule has 1 aromatic carbocycles. The van der Waals surface area contributed by atoms with Crippen molar-refractivity contribution in [3.8, 4) is 5.75 Å². The molecule has 0 fully saturated rings. The average Bonchev–Trinajstić information content (AvgIpc) is 2.77. The van der Waals surface area contributed by atoms with Crippen molar-refractivity contribution in [3.63, 3.8) is 0 Å². The fraction of sp³-hybridized carbons (Fsp3) is 0.462. The number of H-pyrrole nitrogens is 1. The third-order valence-corrected chi connectivity index (χ3v) is 3.16. The number of aromatic nitrogens is 2. The summed E-state index contributed by atoms with van der Waals surface area (Å²) in [5, 5.41) is 7.98. The van der Waals surface area contributed by atoms with Gasteiger partial charge in [-0.05, 0) is 13.6 Å². The highest BCUT2D eigenvalue weighted by Gasteiger charge is 2.13. The first-order chi connectivity index (χ1) is 8.65. The minimum Gasteiger partial charge on any atom is -0.496 e. The van der Waals surface area contributed by atoms with E-state index in [4.69, 9.17) is 4.74 Å². The van der Waals surface area contributed by atoms with Crippen LogP contribution >= 0.6 is 0 Å². The molecule has 18 heavy (non-hydrogen) atoms. The molecule has 0 unspecified atom stereocenters. The number of halogens is 1. The van der Waals surface area contributed by atoms with Gasteiger partial charge in [0.25, 0.3) is 0 Å². The summed E-state index contributed by atoms with van der Waals surface area (Å²) in [6.45, 7) is 4.03. The second kappa shape index (κ2) is 5.35. The van der Waals surface area contributed by atoms with Gasteiger partial charge in [-0.2, -0.15) is 5.10 Å². The van der Waals surface area contributed by atoms with Gasteiger partial charge >= 0.3 is 0 Å². The number of fused-ring (bicyclic) bond motifs is 1. The zero-order valence-corrected chi connectivity index (χ0v) is 11.0. The number of hydrogen-bond acceptors (Lipinski definition) is 3. The Balaban J connectivity index is 2.34. The van der Waals surface area contributed by atoms with E-state index < -0.39 is 0 Å². The molecule has 2 rings (SSSR count). The van der Waals surface area contributed by atoms with Crippen LogP contribution in [0, 0.1) is 5.82 Å². The van der Waals surface area contributed by atoms with Crippen LogP contribution in [0.1, 0.15) is 12.6 Å². The van der Waals surface area contributed by atoms with Crippen molar-refractivity contribution < 1.29 is 9.13 Å². The lowest BCUT2D eigenvalue weighted by molar-refractivity contribution is 0.356. The molecule has 0 spiro atoms. The van der Waals surface area contributed by atoms with Crippen LogP contribution in [0.25, 0.3) is 10.9 Å². The molecule has 5 heteroatoms. The number of nitrogens with zero attached hydrogens (tertiary/aromatic N) is 2. The van der Waals surface area contributed by atoms with Crippen LogP contribution in [0.2, 0.25) is 0 Å². The number of aromatic amines is 1. The molecule has 4 nitrogen and oxygen atoms in total. The average molecular weight is 251 g/mol. The van der Waals surface area contributed by atoms with Crippen LogP contribution in [0.15, 0.2) is 12.1 Å².